The Morgan fingerprint density at radius 2 is 2.00 bits per heavy atom. The van der Waals surface area contributed by atoms with E-state index >= 15 is 0 Å². The molecular formula is C20H17N3O2. The van der Waals surface area contributed by atoms with E-state index in [0.29, 0.717) is 24.3 Å². The molecule has 1 aliphatic carbocycles. The van der Waals surface area contributed by atoms with E-state index in [1.54, 1.807) is 12.5 Å². The average Bonchev–Trinajstić information content (AvgIpc) is 3.06. The summed E-state index contributed by atoms with van der Waals surface area (Å²) in [6.45, 7) is 1.40. The van der Waals surface area contributed by atoms with E-state index in [2.05, 4.69) is 16.0 Å². The van der Waals surface area contributed by atoms with Gasteiger partial charge in [-0.2, -0.15) is 0 Å². The lowest BCUT2D eigenvalue weighted by Gasteiger charge is -2.15. The zero-order chi connectivity index (χ0) is 16.8. The summed E-state index contributed by atoms with van der Waals surface area (Å²) in [7, 11) is 0. The molecule has 5 heteroatoms. The molecule has 2 atom stereocenters. The van der Waals surface area contributed by atoms with Crippen LogP contribution in [0.3, 0.4) is 0 Å². The number of carbonyl (C=O) groups is 1. The maximum atomic E-state index is 12.8. The number of carbonyl (C=O) groups excluding carboxylic acids is 1. The van der Waals surface area contributed by atoms with Gasteiger partial charge in [0.05, 0.1) is 6.20 Å². The molecule has 0 saturated heterocycles. The van der Waals surface area contributed by atoms with Gasteiger partial charge in [0.25, 0.3) is 5.91 Å². The zero-order valence-corrected chi connectivity index (χ0v) is 13.6. The van der Waals surface area contributed by atoms with Gasteiger partial charge >= 0.3 is 0 Å². The summed E-state index contributed by atoms with van der Waals surface area (Å²) in [4.78, 5) is 23.4. The highest BCUT2D eigenvalue weighted by molar-refractivity contribution is 6.00. The topological polar surface area (TPSA) is 59.2 Å². The van der Waals surface area contributed by atoms with Crippen molar-refractivity contribution in [3.63, 3.8) is 0 Å². The summed E-state index contributed by atoms with van der Waals surface area (Å²) in [5, 5.41) is 0. The first-order valence-corrected chi connectivity index (χ1v) is 8.53. The van der Waals surface area contributed by atoms with Gasteiger partial charge in [0.15, 0.2) is 0 Å². The van der Waals surface area contributed by atoms with Crippen LogP contribution in [0.2, 0.25) is 0 Å². The second-order valence-corrected chi connectivity index (χ2v) is 6.71. The lowest BCUT2D eigenvalue weighted by Crippen LogP contribution is -2.26. The fourth-order valence-corrected chi connectivity index (χ4v) is 3.78. The third kappa shape index (κ3) is 2.43. The predicted octanol–water partition coefficient (Wildman–Crippen LogP) is 3.50. The maximum absolute atomic E-state index is 12.8. The van der Waals surface area contributed by atoms with Crippen molar-refractivity contribution in [1.29, 1.82) is 0 Å². The third-order valence-electron chi connectivity index (χ3n) is 5.15. The molecule has 0 N–H and O–H groups in total. The number of benzene rings is 1. The van der Waals surface area contributed by atoms with Crippen molar-refractivity contribution in [2.75, 3.05) is 6.54 Å². The minimum atomic E-state index is 0.107. The molecule has 0 spiro atoms. The van der Waals surface area contributed by atoms with Gasteiger partial charge in [-0.15, -0.1) is 0 Å². The number of rotatable bonds is 4. The Morgan fingerprint density at radius 3 is 2.80 bits per heavy atom. The number of hydrogen-bond donors (Lipinski definition) is 0. The van der Waals surface area contributed by atoms with E-state index < -0.39 is 0 Å². The number of pyridine rings is 1. The Morgan fingerprint density at radius 1 is 1.08 bits per heavy atom. The number of aromatic nitrogens is 2. The van der Waals surface area contributed by atoms with Crippen LogP contribution in [0.15, 0.2) is 59.5 Å². The van der Waals surface area contributed by atoms with Crippen molar-refractivity contribution >= 4 is 5.91 Å². The molecule has 0 bridgehead atoms. The molecule has 1 aromatic carbocycles. The summed E-state index contributed by atoms with van der Waals surface area (Å²) < 4.78 is 5.43. The van der Waals surface area contributed by atoms with Crippen LogP contribution < -0.4 is 0 Å². The SMILES string of the molecule is O=C1c2cccc(-c3ncco3)c2CN1C[C@@H]1C[C@H]1c1ccccn1. The summed E-state index contributed by atoms with van der Waals surface area (Å²) in [5.41, 5.74) is 3.84. The van der Waals surface area contributed by atoms with E-state index in [1.165, 1.54) is 0 Å². The maximum Gasteiger partial charge on any atom is 0.254 e. The molecule has 1 amide bonds. The van der Waals surface area contributed by atoms with Gasteiger partial charge in [0.2, 0.25) is 5.89 Å². The molecular weight excluding hydrogens is 314 g/mol. The molecule has 0 radical (unpaired) electrons. The first kappa shape index (κ1) is 14.4. The lowest BCUT2D eigenvalue weighted by molar-refractivity contribution is 0.0770. The number of fused-ring (bicyclic) bond motifs is 1. The summed E-state index contributed by atoms with van der Waals surface area (Å²) >= 11 is 0. The number of oxazole rings is 1. The van der Waals surface area contributed by atoms with Crippen LogP contribution in [0.5, 0.6) is 0 Å². The normalized spacial score (nSPS) is 21.4. The predicted molar refractivity (Wildman–Crippen MR) is 91.8 cm³/mol. The molecule has 0 unspecified atom stereocenters. The number of nitrogens with zero attached hydrogens (tertiary/aromatic N) is 3. The molecule has 1 saturated carbocycles. The van der Waals surface area contributed by atoms with Gasteiger partial charge in [-0.1, -0.05) is 12.1 Å². The van der Waals surface area contributed by atoms with E-state index in [-0.39, 0.29) is 5.91 Å². The van der Waals surface area contributed by atoms with Crippen LogP contribution in [0.4, 0.5) is 0 Å². The Bertz CT molecular complexity index is 921. The van der Waals surface area contributed by atoms with Gasteiger partial charge in [-0.05, 0) is 42.2 Å². The van der Waals surface area contributed by atoms with E-state index in [4.69, 9.17) is 4.42 Å². The molecule has 1 aliphatic heterocycles. The highest BCUT2D eigenvalue weighted by atomic mass is 16.3. The monoisotopic (exact) mass is 331 g/mol. The van der Waals surface area contributed by atoms with Gasteiger partial charge in [0, 0.05) is 42.0 Å². The van der Waals surface area contributed by atoms with Crippen LogP contribution in [-0.4, -0.2) is 27.3 Å². The van der Waals surface area contributed by atoms with Gasteiger partial charge < -0.3 is 9.32 Å². The zero-order valence-electron chi connectivity index (χ0n) is 13.6. The average molecular weight is 331 g/mol. The van der Waals surface area contributed by atoms with Crippen LogP contribution in [0.25, 0.3) is 11.5 Å². The molecule has 2 aliphatic rings. The third-order valence-corrected chi connectivity index (χ3v) is 5.15. The lowest BCUT2D eigenvalue weighted by atomic mass is 10.0. The fourth-order valence-electron chi connectivity index (χ4n) is 3.78. The molecule has 5 nitrogen and oxygen atoms in total. The molecule has 1 fully saturated rings. The standard InChI is InChI=1S/C20H17N3O2/c24-20-15-5-3-4-14(19-22-8-9-25-19)17(15)12-23(20)11-13-10-16(13)18-6-1-2-7-21-18/h1-9,13,16H,10-12H2/t13-,16+/m0/s1. The van der Waals surface area contributed by atoms with Crippen LogP contribution in [0.1, 0.15) is 34.0 Å². The van der Waals surface area contributed by atoms with E-state index in [9.17, 15) is 4.79 Å². The van der Waals surface area contributed by atoms with Gasteiger partial charge in [-0.3, -0.25) is 9.78 Å². The summed E-state index contributed by atoms with van der Waals surface area (Å²) in [5.74, 6) is 1.65. The molecule has 5 rings (SSSR count). The van der Waals surface area contributed by atoms with E-state index in [0.717, 1.165) is 35.3 Å². The number of amides is 1. The Kier molecular flexibility index (Phi) is 3.20. The second kappa shape index (κ2) is 5.55. The van der Waals surface area contributed by atoms with Crippen LogP contribution in [-0.2, 0) is 6.54 Å². The van der Waals surface area contributed by atoms with Crippen molar-refractivity contribution in [1.82, 2.24) is 14.9 Å². The van der Waals surface area contributed by atoms with Crippen molar-refractivity contribution < 1.29 is 9.21 Å². The molecule has 3 heterocycles. The molecule has 25 heavy (non-hydrogen) atoms. The van der Waals surface area contributed by atoms with Crippen molar-refractivity contribution in [3.05, 3.63) is 71.9 Å². The minimum absolute atomic E-state index is 0.107. The van der Waals surface area contributed by atoms with E-state index in [1.807, 2.05) is 41.4 Å². The minimum Gasteiger partial charge on any atom is -0.445 e. The molecule has 3 aromatic rings. The second-order valence-electron chi connectivity index (χ2n) is 6.71. The highest BCUT2D eigenvalue weighted by Gasteiger charge is 2.42. The first-order valence-electron chi connectivity index (χ1n) is 8.53. The van der Waals surface area contributed by atoms with Crippen LogP contribution >= 0.6 is 0 Å². The first-order chi connectivity index (χ1) is 12.3. The van der Waals surface area contributed by atoms with Gasteiger partial charge in [0.1, 0.15) is 6.26 Å². The Labute approximate surface area is 145 Å². The Hall–Kier alpha value is -2.95. The Balaban J connectivity index is 1.36. The summed E-state index contributed by atoms with van der Waals surface area (Å²) in [6.07, 6.45) is 6.13. The van der Waals surface area contributed by atoms with Gasteiger partial charge in [-0.25, -0.2) is 4.98 Å². The van der Waals surface area contributed by atoms with Crippen molar-refractivity contribution in [3.8, 4) is 11.5 Å². The largest absolute Gasteiger partial charge is 0.445 e. The summed E-state index contributed by atoms with van der Waals surface area (Å²) in [6, 6.07) is 11.8. The highest BCUT2D eigenvalue weighted by Crippen LogP contribution is 2.47. The quantitative estimate of drug-likeness (QED) is 0.734. The van der Waals surface area contributed by atoms with Crippen molar-refractivity contribution in [2.24, 2.45) is 5.92 Å². The van der Waals surface area contributed by atoms with Crippen molar-refractivity contribution in [2.45, 2.75) is 18.9 Å². The molecule has 124 valence electrons. The number of hydrogen-bond acceptors (Lipinski definition) is 4. The molecule has 2 aromatic heterocycles. The van der Waals surface area contributed by atoms with Crippen LogP contribution in [0, 0.1) is 5.92 Å². The fraction of sp³-hybridized carbons (Fsp3) is 0.250. The smallest absolute Gasteiger partial charge is 0.254 e.